The van der Waals surface area contributed by atoms with Gasteiger partial charge in [-0.05, 0) is 12.8 Å². The van der Waals surface area contributed by atoms with Gasteiger partial charge in [-0.2, -0.15) is 12.6 Å². The average molecular weight is 401 g/mol. The summed E-state index contributed by atoms with van der Waals surface area (Å²) >= 11 is 3.96. The normalized spacial score (nSPS) is 19.1. The molecule has 0 unspecified atom stereocenters. The Labute approximate surface area is 166 Å². The van der Waals surface area contributed by atoms with E-state index in [4.69, 9.17) is 4.74 Å². The van der Waals surface area contributed by atoms with Gasteiger partial charge in [-0.25, -0.2) is 5.01 Å². The van der Waals surface area contributed by atoms with Gasteiger partial charge < -0.3 is 9.64 Å². The van der Waals surface area contributed by atoms with Crippen LogP contribution in [0.5, 0.6) is 0 Å². The third kappa shape index (κ3) is 8.59. The molecule has 8 nitrogen and oxygen atoms in total. The lowest BCUT2D eigenvalue weighted by molar-refractivity contribution is -0.134. The number of Topliss-reactive ketones (excluding diaryl/α,β-unsaturated/α-hetero) is 1. The molecule has 0 spiro atoms. The van der Waals surface area contributed by atoms with Crippen molar-refractivity contribution >= 4 is 30.2 Å². The molecule has 9 heteroatoms. The molecular formula is C18H32N4O4S. The van der Waals surface area contributed by atoms with Crippen LogP contribution in [0.4, 0.5) is 0 Å². The molecule has 0 aromatic heterocycles. The van der Waals surface area contributed by atoms with Crippen LogP contribution in [0.25, 0.3) is 0 Å². The topological polar surface area (TPSA) is 82.2 Å². The van der Waals surface area contributed by atoms with Gasteiger partial charge in [0.1, 0.15) is 5.78 Å². The Morgan fingerprint density at radius 1 is 0.889 bits per heavy atom. The van der Waals surface area contributed by atoms with Crippen LogP contribution >= 0.6 is 12.6 Å². The van der Waals surface area contributed by atoms with Crippen molar-refractivity contribution in [3.05, 3.63) is 0 Å². The third-order valence-corrected chi connectivity index (χ3v) is 5.26. The molecule has 2 heterocycles. The summed E-state index contributed by atoms with van der Waals surface area (Å²) in [6, 6.07) is 0. The zero-order valence-corrected chi connectivity index (χ0v) is 16.9. The number of amides is 2. The molecule has 0 radical (unpaired) electrons. The molecule has 0 bridgehead atoms. The number of morpholine rings is 1. The largest absolute Gasteiger partial charge is 0.379 e. The van der Waals surface area contributed by atoms with Crippen LogP contribution in [0.1, 0.15) is 32.1 Å². The molecule has 154 valence electrons. The number of thiol groups is 1. The second kappa shape index (κ2) is 12.3. The lowest BCUT2D eigenvalue weighted by Crippen LogP contribution is -2.54. The lowest BCUT2D eigenvalue weighted by Gasteiger charge is -2.35. The first-order valence-electron chi connectivity index (χ1n) is 9.83. The number of rotatable bonds is 10. The number of ether oxygens (including phenoxy) is 1. The van der Waals surface area contributed by atoms with Crippen molar-refractivity contribution in [1.82, 2.24) is 20.2 Å². The maximum absolute atomic E-state index is 12.3. The van der Waals surface area contributed by atoms with Gasteiger partial charge in [0.25, 0.3) is 0 Å². The summed E-state index contributed by atoms with van der Waals surface area (Å²) in [6.07, 6.45) is 3.64. The van der Waals surface area contributed by atoms with E-state index in [9.17, 15) is 14.4 Å². The van der Waals surface area contributed by atoms with E-state index in [0.717, 1.165) is 45.4 Å². The van der Waals surface area contributed by atoms with Crippen LogP contribution in [0.2, 0.25) is 0 Å². The molecule has 0 aliphatic carbocycles. The van der Waals surface area contributed by atoms with Crippen LogP contribution in [-0.2, 0) is 19.1 Å². The quantitative estimate of drug-likeness (QED) is 0.395. The van der Waals surface area contributed by atoms with Gasteiger partial charge in [0, 0.05) is 57.9 Å². The van der Waals surface area contributed by atoms with Gasteiger partial charge in [-0.3, -0.25) is 24.7 Å². The van der Waals surface area contributed by atoms with E-state index < -0.39 is 0 Å². The average Bonchev–Trinajstić information content (AvgIpc) is 2.68. The number of unbranched alkanes of at least 4 members (excludes halogenated alkanes) is 2. The molecule has 2 aliphatic rings. The Balaban J connectivity index is 1.55. The van der Waals surface area contributed by atoms with Crippen LogP contribution < -0.4 is 5.43 Å². The van der Waals surface area contributed by atoms with Crippen LogP contribution in [-0.4, -0.2) is 97.2 Å². The first-order valence-corrected chi connectivity index (χ1v) is 10.5. The predicted molar refractivity (Wildman–Crippen MR) is 105 cm³/mol. The zero-order chi connectivity index (χ0) is 19.5. The molecule has 2 rings (SSSR count). The fourth-order valence-corrected chi connectivity index (χ4v) is 3.42. The van der Waals surface area contributed by atoms with Crippen molar-refractivity contribution in [2.45, 2.75) is 32.1 Å². The highest BCUT2D eigenvalue weighted by Crippen LogP contribution is 2.09. The van der Waals surface area contributed by atoms with E-state index >= 15 is 0 Å². The molecular weight excluding hydrogens is 368 g/mol. The minimum absolute atomic E-state index is 0.00700. The van der Waals surface area contributed by atoms with Crippen molar-refractivity contribution in [2.75, 3.05) is 64.8 Å². The summed E-state index contributed by atoms with van der Waals surface area (Å²) in [5, 5.41) is 1.90. The SMILES string of the molecule is O=C(CS)CCCCCC(=O)N1CCN(CC(=O)NN2CCOCC2)CC1. The van der Waals surface area contributed by atoms with Crippen molar-refractivity contribution in [3.63, 3.8) is 0 Å². The number of hydrogen-bond acceptors (Lipinski definition) is 7. The van der Waals surface area contributed by atoms with Gasteiger partial charge >= 0.3 is 0 Å². The van der Waals surface area contributed by atoms with Crippen molar-refractivity contribution in [3.8, 4) is 0 Å². The number of hydrazine groups is 1. The van der Waals surface area contributed by atoms with E-state index in [1.54, 1.807) is 0 Å². The molecule has 2 amide bonds. The Kier molecular flexibility index (Phi) is 10.1. The lowest BCUT2D eigenvalue weighted by atomic mass is 10.1. The van der Waals surface area contributed by atoms with Crippen molar-refractivity contribution < 1.29 is 19.1 Å². The van der Waals surface area contributed by atoms with Crippen molar-refractivity contribution in [1.29, 1.82) is 0 Å². The molecule has 27 heavy (non-hydrogen) atoms. The maximum atomic E-state index is 12.3. The Morgan fingerprint density at radius 3 is 2.22 bits per heavy atom. The fraction of sp³-hybridized carbons (Fsp3) is 0.833. The number of nitrogens with zero attached hydrogens (tertiary/aromatic N) is 3. The van der Waals surface area contributed by atoms with E-state index in [1.807, 2.05) is 9.91 Å². The maximum Gasteiger partial charge on any atom is 0.248 e. The number of nitrogens with one attached hydrogen (secondary N) is 1. The molecule has 2 aliphatic heterocycles. The molecule has 1 N–H and O–H groups in total. The summed E-state index contributed by atoms with van der Waals surface area (Å²) in [7, 11) is 0. The number of carbonyl (C=O) groups is 3. The minimum atomic E-state index is -0.00700. The predicted octanol–water partition coefficient (Wildman–Crippen LogP) is -0.0566. The van der Waals surface area contributed by atoms with Gasteiger partial charge in [-0.15, -0.1) is 0 Å². The smallest absolute Gasteiger partial charge is 0.248 e. The van der Waals surface area contributed by atoms with E-state index in [1.165, 1.54) is 0 Å². The number of ketones is 1. The monoisotopic (exact) mass is 400 g/mol. The highest BCUT2D eigenvalue weighted by molar-refractivity contribution is 7.81. The fourth-order valence-electron chi connectivity index (χ4n) is 3.26. The first-order chi connectivity index (χ1) is 13.1. The number of piperazine rings is 1. The van der Waals surface area contributed by atoms with Crippen LogP contribution in [0.3, 0.4) is 0 Å². The molecule has 0 aromatic carbocycles. The third-order valence-electron chi connectivity index (χ3n) is 4.91. The van der Waals surface area contributed by atoms with Gasteiger partial charge in [0.15, 0.2) is 0 Å². The molecule has 2 fully saturated rings. The van der Waals surface area contributed by atoms with Crippen LogP contribution in [0, 0.1) is 0 Å². The van der Waals surface area contributed by atoms with E-state index in [2.05, 4.69) is 23.0 Å². The van der Waals surface area contributed by atoms with Gasteiger partial charge in [0.2, 0.25) is 11.8 Å². The minimum Gasteiger partial charge on any atom is -0.379 e. The highest BCUT2D eigenvalue weighted by Gasteiger charge is 2.23. The number of hydrogen-bond donors (Lipinski definition) is 2. The summed E-state index contributed by atoms with van der Waals surface area (Å²) in [5.41, 5.74) is 2.92. The van der Waals surface area contributed by atoms with Gasteiger partial charge in [0.05, 0.1) is 19.8 Å². The summed E-state index contributed by atoms with van der Waals surface area (Å²) in [6.45, 7) is 5.87. The second-order valence-electron chi connectivity index (χ2n) is 7.05. The molecule has 0 saturated carbocycles. The summed E-state index contributed by atoms with van der Waals surface area (Å²) in [5.74, 6) is 0.632. The van der Waals surface area contributed by atoms with E-state index in [-0.39, 0.29) is 17.6 Å². The molecule has 0 atom stereocenters. The Hall–Kier alpha value is -1.16. The van der Waals surface area contributed by atoms with E-state index in [0.29, 0.717) is 51.4 Å². The standard InChI is InChI=1S/C18H32N4O4S/c23-16(15-27)4-2-1-3-5-18(25)21-8-6-20(7-9-21)14-17(24)19-22-10-12-26-13-11-22/h27H,1-15H2,(H,19,24). The zero-order valence-electron chi connectivity index (χ0n) is 16.0. The number of carbonyl (C=O) groups excluding carboxylic acids is 3. The van der Waals surface area contributed by atoms with Gasteiger partial charge in [-0.1, -0.05) is 6.42 Å². The summed E-state index contributed by atoms with van der Waals surface area (Å²) in [4.78, 5) is 39.5. The van der Waals surface area contributed by atoms with Crippen LogP contribution in [0.15, 0.2) is 0 Å². The first kappa shape index (κ1) is 22.1. The molecule has 2 saturated heterocycles. The van der Waals surface area contributed by atoms with Crippen molar-refractivity contribution in [2.24, 2.45) is 0 Å². The highest BCUT2D eigenvalue weighted by atomic mass is 32.1. The summed E-state index contributed by atoms with van der Waals surface area (Å²) < 4.78 is 5.26. The molecule has 0 aromatic rings. The Morgan fingerprint density at radius 2 is 1.56 bits per heavy atom. The Bertz CT molecular complexity index is 492. The second-order valence-corrected chi connectivity index (χ2v) is 7.37.